The third-order valence-electron chi connectivity index (χ3n) is 4.49. The number of nitrogens with one attached hydrogen (secondary N) is 1. The van der Waals surface area contributed by atoms with Crippen molar-refractivity contribution in [2.45, 2.75) is 32.7 Å². The summed E-state index contributed by atoms with van der Waals surface area (Å²) in [5, 5.41) is 7.80. The Morgan fingerprint density at radius 3 is 3.00 bits per heavy atom. The molecule has 1 atom stereocenters. The average Bonchev–Trinajstić information content (AvgIpc) is 3.21. The van der Waals surface area contributed by atoms with Crippen LogP contribution in [0.4, 0.5) is 0 Å². The molecule has 0 bridgehead atoms. The molecule has 1 aliphatic rings. The summed E-state index contributed by atoms with van der Waals surface area (Å²) in [6.07, 6.45) is 3.68. The van der Waals surface area contributed by atoms with E-state index in [0.29, 0.717) is 5.56 Å². The highest BCUT2D eigenvalue weighted by atomic mass is 79.9. The molecule has 1 amide bonds. The van der Waals surface area contributed by atoms with E-state index in [1.165, 1.54) is 0 Å². The van der Waals surface area contributed by atoms with Gasteiger partial charge in [0.15, 0.2) is 0 Å². The smallest absolute Gasteiger partial charge is 0.257 e. The van der Waals surface area contributed by atoms with Gasteiger partial charge in [-0.3, -0.25) is 4.79 Å². The molecule has 1 unspecified atom stereocenters. The molecule has 1 aromatic heterocycles. The number of carbonyl (C=O) groups excluding carboxylic acids is 1. The maximum Gasteiger partial charge on any atom is 0.257 e. The summed E-state index contributed by atoms with van der Waals surface area (Å²) in [7, 11) is 0. The van der Waals surface area contributed by atoms with Crippen LogP contribution >= 0.6 is 15.9 Å². The molecule has 2 heterocycles. The molecule has 1 fully saturated rings. The van der Waals surface area contributed by atoms with Crippen LogP contribution in [0.25, 0.3) is 5.69 Å². The molecule has 128 valence electrons. The van der Waals surface area contributed by atoms with Gasteiger partial charge in [0, 0.05) is 23.6 Å². The van der Waals surface area contributed by atoms with Crippen LogP contribution in [0.1, 0.15) is 35.8 Å². The lowest BCUT2D eigenvalue weighted by Gasteiger charge is -2.28. The van der Waals surface area contributed by atoms with Crippen LogP contribution in [0.2, 0.25) is 0 Å². The first-order valence-electron chi connectivity index (χ1n) is 8.44. The van der Waals surface area contributed by atoms with Crippen molar-refractivity contribution in [1.29, 1.82) is 0 Å². The molecule has 24 heavy (non-hydrogen) atoms. The summed E-state index contributed by atoms with van der Waals surface area (Å²) >= 11 is 3.48. The van der Waals surface area contributed by atoms with Crippen molar-refractivity contribution >= 4 is 21.8 Å². The minimum atomic E-state index is 0.0873. The van der Waals surface area contributed by atoms with Gasteiger partial charge in [-0.15, -0.1) is 0 Å². The Balaban J connectivity index is 1.90. The summed E-state index contributed by atoms with van der Waals surface area (Å²) in [6, 6.07) is 8.22. The van der Waals surface area contributed by atoms with E-state index in [0.717, 1.165) is 48.3 Å². The van der Waals surface area contributed by atoms with Gasteiger partial charge in [0.1, 0.15) is 0 Å². The predicted molar refractivity (Wildman–Crippen MR) is 98.6 cm³/mol. The van der Waals surface area contributed by atoms with E-state index in [2.05, 4.69) is 33.3 Å². The van der Waals surface area contributed by atoms with Gasteiger partial charge in [0.2, 0.25) is 0 Å². The first kappa shape index (κ1) is 17.2. The van der Waals surface area contributed by atoms with E-state index in [1.54, 1.807) is 6.20 Å². The van der Waals surface area contributed by atoms with Gasteiger partial charge in [-0.25, -0.2) is 4.68 Å². The topological polar surface area (TPSA) is 50.2 Å². The summed E-state index contributed by atoms with van der Waals surface area (Å²) in [4.78, 5) is 15.1. The highest BCUT2D eigenvalue weighted by Gasteiger charge is 2.28. The second-order valence-electron chi connectivity index (χ2n) is 6.18. The lowest BCUT2D eigenvalue weighted by Crippen LogP contribution is -2.42. The van der Waals surface area contributed by atoms with Crippen molar-refractivity contribution < 1.29 is 4.79 Å². The first-order valence-corrected chi connectivity index (χ1v) is 9.23. The van der Waals surface area contributed by atoms with E-state index in [4.69, 9.17) is 0 Å². The molecule has 0 saturated carbocycles. The van der Waals surface area contributed by atoms with E-state index in [-0.39, 0.29) is 11.9 Å². The van der Waals surface area contributed by atoms with Gasteiger partial charge >= 0.3 is 0 Å². The van der Waals surface area contributed by atoms with Crippen molar-refractivity contribution in [3.63, 3.8) is 0 Å². The van der Waals surface area contributed by atoms with E-state index in [1.807, 2.05) is 40.8 Å². The van der Waals surface area contributed by atoms with Crippen LogP contribution in [0.5, 0.6) is 0 Å². The fourth-order valence-corrected chi connectivity index (χ4v) is 3.63. The second-order valence-corrected chi connectivity index (χ2v) is 7.10. The summed E-state index contributed by atoms with van der Waals surface area (Å²) in [5.41, 5.74) is 2.52. The van der Waals surface area contributed by atoms with Crippen LogP contribution in [0.15, 0.2) is 34.9 Å². The summed E-state index contributed by atoms with van der Waals surface area (Å²) < 4.78 is 2.82. The van der Waals surface area contributed by atoms with Gasteiger partial charge in [0.05, 0.1) is 23.1 Å². The summed E-state index contributed by atoms with van der Waals surface area (Å²) in [6.45, 7) is 6.71. The number of halogens is 1. The molecule has 1 N–H and O–H groups in total. The largest absolute Gasteiger partial charge is 0.334 e. The van der Waals surface area contributed by atoms with Crippen LogP contribution in [0.3, 0.4) is 0 Å². The highest BCUT2D eigenvalue weighted by molar-refractivity contribution is 9.10. The average molecular weight is 391 g/mol. The predicted octanol–water partition coefficient (Wildman–Crippen LogP) is 3.16. The number of hydrogen-bond donors (Lipinski definition) is 1. The summed E-state index contributed by atoms with van der Waals surface area (Å²) in [5.74, 6) is 0.0873. The molecular weight excluding hydrogens is 368 g/mol. The quantitative estimate of drug-likeness (QED) is 0.852. The van der Waals surface area contributed by atoms with Gasteiger partial charge < -0.3 is 10.2 Å². The van der Waals surface area contributed by atoms with Gasteiger partial charge in [0.25, 0.3) is 5.91 Å². The van der Waals surface area contributed by atoms with Crippen LogP contribution < -0.4 is 5.32 Å². The Hall–Kier alpha value is -1.66. The zero-order chi connectivity index (χ0) is 17.1. The second kappa shape index (κ2) is 7.49. The molecular formula is C18H23BrN4O. The molecule has 1 aromatic carbocycles. The molecule has 5 nitrogen and oxygen atoms in total. The van der Waals surface area contributed by atoms with Crippen molar-refractivity contribution in [1.82, 2.24) is 20.0 Å². The number of carbonyl (C=O) groups is 1. The number of amides is 1. The lowest BCUT2D eigenvalue weighted by atomic mass is 10.1. The van der Waals surface area contributed by atoms with Crippen molar-refractivity contribution in [3.8, 4) is 5.69 Å². The normalized spacial score (nSPS) is 17.2. The van der Waals surface area contributed by atoms with Crippen LogP contribution in [-0.2, 0) is 0 Å². The molecule has 0 radical (unpaired) electrons. The van der Waals surface area contributed by atoms with E-state index >= 15 is 0 Å². The SMILES string of the molecule is CCCN(C(=O)c1cnn(-c2cccc(Br)c2)c1C)C1CCNC1. The number of nitrogens with zero attached hydrogens (tertiary/aromatic N) is 3. The molecule has 1 saturated heterocycles. The Morgan fingerprint density at radius 1 is 1.50 bits per heavy atom. The number of aromatic nitrogens is 2. The molecule has 0 aliphatic carbocycles. The number of rotatable bonds is 5. The number of benzene rings is 1. The molecule has 6 heteroatoms. The maximum absolute atomic E-state index is 13.1. The zero-order valence-electron chi connectivity index (χ0n) is 14.1. The van der Waals surface area contributed by atoms with Crippen molar-refractivity contribution in [3.05, 3.63) is 46.2 Å². The monoisotopic (exact) mass is 390 g/mol. The zero-order valence-corrected chi connectivity index (χ0v) is 15.7. The van der Waals surface area contributed by atoms with Crippen LogP contribution in [-0.4, -0.2) is 46.3 Å². The highest BCUT2D eigenvalue weighted by Crippen LogP contribution is 2.21. The van der Waals surface area contributed by atoms with E-state index in [9.17, 15) is 4.79 Å². The Kier molecular flexibility index (Phi) is 5.36. The van der Waals surface area contributed by atoms with E-state index < -0.39 is 0 Å². The minimum Gasteiger partial charge on any atom is -0.334 e. The van der Waals surface area contributed by atoms with Gasteiger partial charge in [-0.05, 0) is 44.5 Å². The molecule has 1 aliphatic heterocycles. The first-order chi connectivity index (χ1) is 11.6. The third-order valence-corrected chi connectivity index (χ3v) is 4.99. The fourth-order valence-electron chi connectivity index (χ4n) is 3.24. The Labute approximate surface area is 151 Å². The minimum absolute atomic E-state index is 0.0873. The Morgan fingerprint density at radius 2 is 2.33 bits per heavy atom. The van der Waals surface area contributed by atoms with Crippen molar-refractivity contribution in [2.24, 2.45) is 0 Å². The van der Waals surface area contributed by atoms with Gasteiger partial charge in [-0.1, -0.05) is 28.9 Å². The third kappa shape index (κ3) is 3.39. The molecule has 2 aromatic rings. The molecule has 0 spiro atoms. The Bertz CT molecular complexity index is 722. The van der Waals surface area contributed by atoms with Gasteiger partial charge in [-0.2, -0.15) is 5.10 Å². The molecule has 3 rings (SSSR count). The van der Waals surface area contributed by atoms with Crippen molar-refractivity contribution in [2.75, 3.05) is 19.6 Å². The maximum atomic E-state index is 13.1. The lowest BCUT2D eigenvalue weighted by molar-refractivity contribution is 0.0691. The number of hydrogen-bond acceptors (Lipinski definition) is 3. The standard InChI is InChI=1S/C18H23BrN4O/c1-3-9-22(16-7-8-20-11-16)18(24)17-12-21-23(13(17)2)15-6-4-5-14(19)10-15/h4-6,10,12,16,20H,3,7-9,11H2,1-2H3. The van der Waals surface area contributed by atoms with Crippen LogP contribution in [0, 0.1) is 6.92 Å². The fraction of sp³-hybridized carbons (Fsp3) is 0.444.